The molecule has 4 rings (SSSR count). The van der Waals surface area contributed by atoms with Gasteiger partial charge in [-0.3, -0.25) is 4.98 Å². The van der Waals surface area contributed by atoms with E-state index in [1.165, 1.54) is 0 Å². The number of likely N-dealkylation sites (tertiary alicyclic amines) is 1. The number of ether oxygens (including phenoxy) is 1. The highest BCUT2D eigenvalue weighted by atomic mass is 19.4. The van der Waals surface area contributed by atoms with Crippen molar-refractivity contribution in [3.05, 3.63) is 88.6 Å². The summed E-state index contributed by atoms with van der Waals surface area (Å²) >= 11 is 0. The Labute approximate surface area is 208 Å². The van der Waals surface area contributed by atoms with Crippen LogP contribution in [0, 0.1) is 22.7 Å². The Morgan fingerprint density at radius 2 is 1.53 bits per heavy atom. The first-order valence-electron chi connectivity index (χ1n) is 11.6. The quantitative estimate of drug-likeness (QED) is 0.444. The lowest BCUT2D eigenvalue weighted by Crippen LogP contribution is -2.43. The first-order valence-corrected chi connectivity index (χ1v) is 11.6. The first kappa shape index (κ1) is 25.4. The summed E-state index contributed by atoms with van der Waals surface area (Å²) in [4.78, 5) is 6.67. The van der Waals surface area contributed by atoms with Gasteiger partial charge in [-0.1, -0.05) is 24.3 Å². The molecule has 2 aromatic carbocycles. The number of aromatic nitrogens is 1. The zero-order valence-electron chi connectivity index (χ0n) is 19.8. The van der Waals surface area contributed by atoms with E-state index in [9.17, 15) is 13.2 Å². The Hall–Kier alpha value is -3.72. The molecule has 3 aromatic rings. The maximum Gasteiger partial charge on any atom is 0.416 e. The third kappa shape index (κ3) is 5.73. The molecule has 0 atom stereocenters. The van der Waals surface area contributed by atoms with Crippen LogP contribution in [0.5, 0.6) is 0 Å². The van der Waals surface area contributed by atoms with Crippen LogP contribution in [-0.4, -0.2) is 36.6 Å². The number of piperidine rings is 1. The highest BCUT2D eigenvalue weighted by Crippen LogP contribution is 2.37. The van der Waals surface area contributed by atoms with E-state index in [-0.39, 0.29) is 23.4 Å². The van der Waals surface area contributed by atoms with Gasteiger partial charge < -0.3 is 9.64 Å². The fourth-order valence-electron chi connectivity index (χ4n) is 4.50. The highest BCUT2D eigenvalue weighted by Gasteiger charge is 2.36. The molecular formula is C28H25F3N4O. The second-order valence-corrected chi connectivity index (χ2v) is 9.18. The standard InChI is InChI=1S/C28H25F3N4O/c1-35-12-10-27(11-13-35,23-8-4-21(17-33)5-9-23)19-36-18-25-14-24(28(29,30)31)15-26(34-25)22-6-2-20(16-32)3-7-22/h2-9,14-15H,10-13,18-19H2,1H3. The average molecular weight is 491 g/mol. The Morgan fingerprint density at radius 3 is 2.08 bits per heavy atom. The molecule has 1 aromatic heterocycles. The molecule has 0 saturated carbocycles. The summed E-state index contributed by atoms with van der Waals surface area (Å²) in [7, 11) is 2.06. The fraction of sp³-hybridized carbons (Fsp3) is 0.321. The second-order valence-electron chi connectivity index (χ2n) is 9.18. The van der Waals surface area contributed by atoms with Crippen LogP contribution in [0.25, 0.3) is 11.3 Å². The minimum absolute atomic E-state index is 0.0684. The summed E-state index contributed by atoms with van der Waals surface area (Å²) < 4.78 is 47.0. The van der Waals surface area contributed by atoms with Crippen LogP contribution in [-0.2, 0) is 22.9 Å². The molecule has 1 fully saturated rings. The molecule has 8 heteroatoms. The van der Waals surface area contributed by atoms with Crippen LogP contribution < -0.4 is 0 Å². The molecule has 0 amide bonds. The minimum Gasteiger partial charge on any atom is -0.374 e. The lowest BCUT2D eigenvalue weighted by atomic mass is 9.73. The van der Waals surface area contributed by atoms with Crippen molar-refractivity contribution in [3.63, 3.8) is 0 Å². The largest absolute Gasteiger partial charge is 0.416 e. The lowest BCUT2D eigenvalue weighted by molar-refractivity contribution is -0.137. The highest BCUT2D eigenvalue weighted by molar-refractivity contribution is 5.61. The van der Waals surface area contributed by atoms with Gasteiger partial charge in [0.1, 0.15) is 0 Å². The van der Waals surface area contributed by atoms with Gasteiger partial charge in [0, 0.05) is 11.0 Å². The van der Waals surface area contributed by atoms with Gasteiger partial charge in [0.15, 0.2) is 0 Å². The van der Waals surface area contributed by atoms with Gasteiger partial charge in [0.05, 0.1) is 53.4 Å². The number of halogens is 3. The molecule has 0 spiro atoms. The van der Waals surface area contributed by atoms with E-state index in [1.807, 2.05) is 18.2 Å². The van der Waals surface area contributed by atoms with Crippen molar-refractivity contribution in [2.24, 2.45) is 0 Å². The fourth-order valence-corrected chi connectivity index (χ4v) is 4.50. The molecule has 0 radical (unpaired) electrons. The summed E-state index contributed by atoms with van der Waals surface area (Å²) in [5, 5.41) is 18.1. The molecule has 2 heterocycles. The Kier molecular flexibility index (Phi) is 7.40. The maximum atomic E-state index is 13.6. The molecule has 36 heavy (non-hydrogen) atoms. The number of benzene rings is 2. The Balaban J connectivity index is 1.58. The van der Waals surface area contributed by atoms with Gasteiger partial charge in [-0.15, -0.1) is 0 Å². The molecule has 1 aliphatic rings. The van der Waals surface area contributed by atoms with E-state index in [4.69, 9.17) is 15.3 Å². The third-order valence-corrected chi connectivity index (χ3v) is 6.71. The van der Waals surface area contributed by atoms with E-state index >= 15 is 0 Å². The summed E-state index contributed by atoms with van der Waals surface area (Å²) in [5.41, 5.74) is 1.82. The van der Waals surface area contributed by atoms with Crippen LogP contribution in [0.15, 0.2) is 60.7 Å². The lowest BCUT2D eigenvalue weighted by Gasteiger charge is -2.41. The summed E-state index contributed by atoms with van der Waals surface area (Å²) in [6.45, 7) is 2.00. The maximum absolute atomic E-state index is 13.6. The first-order chi connectivity index (χ1) is 17.2. The van der Waals surface area contributed by atoms with Crippen LogP contribution in [0.2, 0.25) is 0 Å². The molecule has 1 aliphatic heterocycles. The van der Waals surface area contributed by atoms with Crippen molar-refractivity contribution in [1.29, 1.82) is 10.5 Å². The minimum atomic E-state index is -4.53. The molecule has 5 nitrogen and oxygen atoms in total. The van der Waals surface area contributed by atoms with E-state index in [1.54, 1.807) is 36.4 Å². The number of nitrogens with zero attached hydrogens (tertiary/aromatic N) is 4. The zero-order chi connectivity index (χ0) is 25.8. The van der Waals surface area contributed by atoms with Gasteiger partial charge >= 0.3 is 6.18 Å². The predicted octanol–water partition coefficient (Wildman–Crippen LogP) is 5.69. The number of nitriles is 2. The van der Waals surface area contributed by atoms with E-state index in [0.29, 0.717) is 23.3 Å². The van der Waals surface area contributed by atoms with Crippen molar-refractivity contribution in [1.82, 2.24) is 9.88 Å². The van der Waals surface area contributed by atoms with Crippen LogP contribution in [0.3, 0.4) is 0 Å². The topological polar surface area (TPSA) is 72.9 Å². The van der Waals surface area contributed by atoms with Crippen LogP contribution >= 0.6 is 0 Å². The average Bonchev–Trinajstić information content (AvgIpc) is 2.89. The summed E-state index contributed by atoms with van der Waals surface area (Å²) in [6.07, 6.45) is -2.86. The van der Waals surface area contributed by atoms with Crippen LogP contribution in [0.1, 0.15) is 40.8 Å². The molecule has 0 unspecified atom stereocenters. The molecule has 0 bridgehead atoms. The normalized spacial score (nSPS) is 15.7. The Morgan fingerprint density at radius 1 is 0.944 bits per heavy atom. The number of alkyl halides is 3. The van der Waals surface area contributed by atoms with Crippen molar-refractivity contribution in [2.75, 3.05) is 26.7 Å². The van der Waals surface area contributed by atoms with Crippen LogP contribution in [0.4, 0.5) is 13.2 Å². The van der Waals surface area contributed by atoms with Gasteiger partial charge in [0.2, 0.25) is 0 Å². The third-order valence-electron chi connectivity index (χ3n) is 6.71. The van der Waals surface area contributed by atoms with Gasteiger partial charge in [-0.25, -0.2) is 0 Å². The summed E-state index contributed by atoms with van der Waals surface area (Å²) in [5.74, 6) is 0. The SMILES string of the molecule is CN1CCC(COCc2cc(C(F)(F)F)cc(-c3ccc(C#N)cc3)n2)(c2ccc(C#N)cc2)CC1. The molecule has 1 saturated heterocycles. The number of rotatable bonds is 6. The van der Waals surface area contributed by atoms with E-state index < -0.39 is 11.7 Å². The van der Waals surface area contributed by atoms with E-state index in [2.05, 4.69) is 23.0 Å². The number of pyridine rings is 1. The molecule has 0 aliphatic carbocycles. The summed E-state index contributed by atoms with van der Waals surface area (Å²) in [6, 6.07) is 19.9. The smallest absolute Gasteiger partial charge is 0.374 e. The second kappa shape index (κ2) is 10.5. The van der Waals surface area contributed by atoms with Gasteiger partial charge in [-0.05, 0) is 74.9 Å². The van der Waals surface area contributed by atoms with Crippen molar-refractivity contribution in [3.8, 4) is 23.4 Å². The van der Waals surface area contributed by atoms with Crippen molar-refractivity contribution < 1.29 is 17.9 Å². The predicted molar refractivity (Wildman–Crippen MR) is 129 cm³/mol. The van der Waals surface area contributed by atoms with Crippen molar-refractivity contribution >= 4 is 0 Å². The monoisotopic (exact) mass is 490 g/mol. The van der Waals surface area contributed by atoms with E-state index in [0.717, 1.165) is 43.6 Å². The number of hydrogen-bond donors (Lipinski definition) is 0. The van der Waals surface area contributed by atoms with Crippen molar-refractivity contribution in [2.45, 2.75) is 31.0 Å². The molecule has 0 N–H and O–H groups in total. The molecular weight excluding hydrogens is 465 g/mol. The molecule has 184 valence electrons. The zero-order valence-corrected chi connectivity index (χ0v) is 19.8. The Bertz CT molecular complexity index is 1280. The van der Waals surface area contributed by atoms with Gasteiger partial charge in [-0.2, -0.15) is 23.7 Å². The number of hydrogen-bond acceptors (Lipinski definition) is 5. The van der Waals surface area contributed by atoms with Gasteiger partial charge in [0.25, 0.3) is 0 Å².